The summed E-state index contributed by atoms with van der Waals surface area (Å²) in [6, 6.07) is 5.83. The minimum absolute atomic E-state index is 0.185. The number of benzene rings is 1. The molecule has 1 N–H and O–H groups in total. The fourth-order valence-corrected chi connectivity index (χ4v) is 2.46. The number of carbonyl (C=O) groups is 1. The Bertz CT molecular complexity index is 453. The van der Waals surface area contributed by atoms with Crippen molar-refractivity contribution in [3.05, 3.63) is 35.6 Å². The number of likely N-dealkylation sites (tertiary alicyclic amines) is 1. The zero-order valence-electron chi connectivity index (χ0n) is 11.6. The number of carbonyl (C=O) groups excluding carboxylic acids is 1. The first kappa shape index (κ1) is 14.0. The van der Waals surface area contributed by atoms with Crippen LogP contribution >= 0.6 is 0 Å². The molecule has 3 nitrogen and oxygen atoms in total. The monoisotopic (exact) mass is 264 g/mol. The molecule has 1 amide bonds. The number of nitrogens with zero attached hydrogens (tertiary/aromatic N) is 1. The van der Waals surface area contributed by atoms with E-state index in [9.17, 15) is 9.18 Å². The quantitative estimate of drug-likeness (QED) is 0.909. The van der Waals surface area contributed by atoms with Crippen LogP contribution in [-0.4, -0.2) is 36.0 Å². The van der Waals surface area contributed by atoms with Crippen LogP contribution in [0.1, 0.15) is 37.0 Å². The maximum atomic E-state index is 13.1. The van der Waals surface area contributed by atoms with Crippen LogP contribution in [0.4, 0.5) is 4.39 Å². The Morgan fingerprint density at radius 2 is 2.11 bits per heavy atom. The van der Waals surface area contributed by atoms with Gasteiger partial charge in [0.2, 0.25) is 0 Å². The standard InChI is InChI=1S/C15H21FN2O/c1-3-18-9-7-15(2,8-10-18)17-14(19)12-5-4-6-13(16)11-12/h4-6,11H,3,7-10H2,1-2H3,(H,17,19). The number of hydrogen-bond donors (Lipinski definition) is 1. The summed E-state index contributed by atoms with van der Waals surface area (Å²) in [4.78, 5) is 14.5. The highest BCUT2D eigenvalue weighted by atomic mass is 19.1. The average Bonchev–Trinajstić information content (AvgIpc) is 2.39. The van der Waals surface area contributed by atoms with Gasteiger partial charge in [-0.05, 0) is 44.5 Å². The minimum Gasteiger partial charge on any atom is -0.347 e. The number of piperidine rings is 1. The van der Waals surface area contributed by atoms with Crippen LogP contribution in [0, 0.1) is 5.82 Å². The summed E-state index contributed by atoms with van der Waals surface area (Å²) >= 11 is 0. The molecule has 0 saturated carbocycles. The topological polar surface area (TPSA) is 32.3 Å². The molecule has 104 valence electrons. The smallest absolute Gasteiger partial charge is 0.251 e. The number of rotatable bonds is 3. The van der Waals surface area contributed by atoms with Gasteiger partial charge in [0, 0.05) is 24.2 Å². The second-order valence-electron chi connectivity index (χ2n) is 5.46. The molecule has 1 fully saturated rings. The van der Waals surface area contributed by atoms with Crippen molar-refractivity contribution in [3.63, 3.8) is 0 Å². The first-order chi connectivity index (χ1) is 9.02. The second-order valence-corrected chi connectivity index (χ2v) is 5.46. The van der Waals surface area contributed by atoms with Gasteiger partial charge in [-0.15, -0.1) is 0 Å². The van der Waals surface area contributed by atoms with Crippen molar-refractivity contribution < 1.29 is 9.18 Å². The van der Waals surface area contributed by atoms with Crippen LogP contribution in [-0.2, 0) is 0 Å². The molecule has 0 unspecified atom stereocenters. The molecule has 0 spiro atoms. The first-order valence-corrected chi connectivity index (χ1v) is 6.83. The fourth-order valence-electron chi connectivity index (χ4n) is 2.46. The van der Waals surface area contributed by atoms with Gasteiger partial charge in [-0.2, -0.15) is 0 Å². The van der Waals surface area contributed by atoms with Crippen molar-refractivity contribution in [2.75, 3.05) is 19.6 Å². The van der Waals surface area contributed by atoms with Crippen LogP contribution in [0.3, 0.4) is 0 Å². The molecule has 0 bridgehead atoms. The zero-order chi connectivity index (χ0) is 13.9. The van der Waals surface area contributed by atoms with Gasteiger partial charge < -0.3 is 10.2 Å². The van der Waals surface area contributed by atoms with E-state index in [0.717, 1.165) is 32.5 Å². The van der Waals surface area contributed by atoms with E-state index >= 15 is 0 Å². The molecular weight excluding hydrogens is 243 g/mol. The normalized spacial score (nSPS) is 19.1. The molecule has 2 rings (SSSR count). The maximum absolute atomic E-state index is 13.1. The number of amides is 1. The Balaban J connectivity index is 1.99. The highest BCUT2D eigenvalue weighted by Crippen LogP contribution is 2.22. The van der Waals surface area contributed by atoms with E-state index in [2.05, 4.69) is 24.1 Å². The van der Waals surface area contributed by atoms with Gasteiger partial charge in [-0.25, -0.2) is 4.39 Å². The van der Waals surface area contributed by atoms with Crippen LogP contribution in [0.15, 0.2) is 24.3 Å². The largest absolute Gasteiger partial charge is 0.347 e. The summed E-state index contributed by atoms with van der Waals surface area (Å²) in [7, 11) is 0. The van der Waals surface area contributed by atoms with Crippen molar-refractivity contribution in [2.24, 2.45) is 0 Å². The molecule has 1 heterocycles. The number of halogens is 1. The van der Waals surface area contributed by atoms with Crippen molar-refractivity contribution in [3.8, 4) is 0 Å². The van der Waals surface area contributed by atoms with Crippen LogP contribution in [0.2, 0.25) is 0 Å². The predicted molar refractivity (Wildman–Crippen MR) is 73.6 cm³/mol. The van der Waals surface area contributed by atoms with E-state index < -0.39 is 0 Å². The Labute approximate surface area is 113 Å². The van der Waals surface area contributed by atoms with Gasteiger partial charge in [-0.1, -0.05) is 13.0 Å². The van der Waals surface area contributed by atoms with E-state index in [4.69, 9.17) is 0 Å². The third kappa shape index (κ3) is 3.53. The molecule has 0 radical (unpaired) electrons. The van der Waals surface area contributed by atoms with E-state index in [-0.39, 0.29) is 17.3 Å². The lowest BCUT2D eigenvalue weighted by Crippen LogP contribution is -2.53. The van der Waals surface area contributed by atoms with E-state index in [1.54, 1.807) is 12.1 Å². The summed E-state index contributed by atoms with van der Waals surface area (Å²) in [5, 5.41) is 3.05. The fraction of sp³-hybridized carbons (Fsp3) is 0.533. The molecule has 1 aliphatic rings. The predicted octanol–water partition coefficient (Wildman–Crippen LogP) is 2.43. The molecule has 1 aromatic rings. The van der Waals surface area contributed by atoms with E-state index in [0.29, 0.717) is 5.56 Å². The molecule has 4 heteroatoms. The summed E-state index contributed by atoms with van der Waals surface area (Å²) in [5.74, 6) is -0.564. The van der Waals surface area contributed by atoms with Gasteiger partial charge in [0.25, 0.3) is 5.91 Å². The van der Waals surface area contributed by atoms with Gasteiger partial charge in [0.05, 0.1) is 0 Å². The Morgan fingerprint density at radius 1 is 1.42 bits per heavy atom. The Hall–Kier alpha value is -1.42. The number of nitrogens with one attached hydrogen (secondary N) is 1. The SMILES string of the molecule is CCN1CCC(C)(NC(=O)c2cccc(F)c2)CC1. The van der Waals surface area contributed by atoms with Crippen LogP contribution in [0.5, 0.6) is 0 Å². The molecule has 0 atom stereocenters. The van der Waals surface area contributed by atoms with Gasteiger partial charge in [0.1, 0.15) is 5.82 Å². The first-order valence-electron chi connectivity index (χ1n) is 6.83. The Morgan fingerprint density at radius 3 is 2.68 bits per heavy atom. The highest BCUT2D eigenvalue weighted by Gasteiger charge is 2.31. The van der Waals surface area contributed by atoms with Crippen molar-refractivity contribution in [2.45, 2.75) is 32.2 Å². The van der Waals surface area contributed by atoms with Gasteiger partial charge in [-0.3, -0.25) is 4.79 Å². The third-order valence-electron chi connectivity index (χ3n) is 3.91. The molecule has 19 heavy (non-hydrogen) atoms. The molecule has 1 aromatic carbocycles. The van der Waals surface area contributed by atoms with E-state index in [1.807, 2.05) is 0 Å². The summed E-state index contributed by atoms with van der Waals surface area (Å²) in [6.07, 6.45) is 1.86. The molecule has 1 saturated heterocycles. The second kappa shape index (κ2) is 5.70. The summed E-state index contributed by atoms with van der Waals surface area (Å²) < 4.78 is 13.1. The maximum Gasteiger partial charge on any atom is 0.251 e. The lowest BCUT2D eigenvalue weighted by Gasteiger charge is -2.39. The minimum atomic E-state index is -0.376. The van der Waals surface area contributed by atoms with Crippen LogP contribution in [0.25, 0.3) is 0 Å². The lowest BCUT2D eigenvalue weighted by atomic mass is 9.89. The molecule has 1 aliphatic heterocycles. The average molecular weight is 264 g/mol. The number of hydrogen-bond acceptors (Lipinski definition) is 2. The van der Waals surface area contributed by atoms with Crippen molar-refractivity contribution >= 4 is 5.91 Å². The Kier molecular flexibility index (Phi) is 4.20. The van der Waals surface area contributed by atoms with E-state index in [1.165, 1.54) is 12.1 Å². The van der Waals surface area contributed by atoms with Crippen molar-refractivity contribution in [1.82, 2.24) is 10.2 Å². The van der Waals surface area contributed by atoms with Gasteiger partial charge >= 0.3 is 0 Å². The van der Waals surface area contributed by atoms with Crippen LogP contribution < -0.4 is 5.32 Å². The summed E-state index contributed by atoms with van der Waals surface area (Å²) in [5.41, 5.74) is 0.203. The molecular formula is C15H21FN2O. The molecule has 0 aliphatic carbocycles. The molecule has 0 aromatic heterocycles. The van der Waals surface area contributed by atoms with Gasteiger partial charge in [0.15, 0.2) is 0 Å². The van der Waals surface area contributed by atoms with Crippen molar-refractivity contribution in [1.29, 1.82) is 0 Å². The lowest BCUT2D eigenvalue weighted by molar-refractivity contribution is 0.0838. The summed E-state index contributed by atoms with van der Waals surface area (Å²) in [6.45, 7) is 7.26. The third-order valence-corrected chi connectivity index (χ3v) is 3.91. The highest BCUT2D eigenvalue weighted by molar-refractivity contribution is 5.94. The zero-order valence-corrected chi connectivity index (χ0v) is 11.6.